The lowest BCUT2D eigenvalue weighted by Crippen LogP contribution is -2.41. The van der Waals surface area contributed by atoms with Crippen LogP contribution < -0.4 is 0 Å². The fraction of sp³-hybridized carbons (Fsp3) is 0.833. The van der Waals surface area contributed by atoms with E-state index in [1.807, 2.05) is 20.8 Å². The fourth-order valence-electron chi connectivity index (χ4n) is 3.65. The molecule has 2 atom stereocenters. The Labute approximate surface area is 141 Å². The van der Waals surface area contributed by atoms with Crippen molar-refractivity contribution in [2.45, 2.75) is 78.3 Å². The summed E-state index contributed by atoms with van der Waals surface area (Å²) in [5.74, 6) is 1.10. The quantitative estimate of drug-likeness (QED) is 0.711. The molecule has 1 saturated heterocycles. The van der Waals surface area contributed by atoms with Gasteiger partial charge in [-0.1, -0.05) is 31.8 Å². The van der Waals surface area contributed by atoms with Crippen LogP contribution in [-0.2, 0) is 9.39 Å². The van der Waals surface area contributed by atoms with Crippen molar-refractivity contribution < 1.29 is 14.2 Å². The van der Waals surface area contributed by atoms with Crippen LogP contribution in [0.25, 0.3) is 0 Å². The lowest BCUT2D eigenvalue weighted by atomic mass is 9.47. The van der Waals surface area contributed by atoms with Gasteiger partial charge in [0.25, 0.3) is 0 Å². The maximum absolute atomic E-state index is 12.2. The summed E-state index contributed by atoms with van der Waals surface area (Å²) in [4.78, 5) is 13.9. The van der Waals surface area contributed by atoms with Crippen LogP contribution in [-0.4, -0.2) is 42.2 Å². The Kier molecular flexibility index (Phi) is 5.19. The van der Waals surface area contributed by atoms with Crippen LogP contribution in [0.2, 0.25) is 5.82 Å². The van der Waals surface area contributed by atoms with E-state index in [1.54, 1.807) is 4.90 Å². The van der Waals surface area contributed by atoms with Crippen molar-refractivity contribution in [3.8, 4) is 0 Å². The number of hydrogen-bond acceptors (Lipinski definition) is 3. The van der Waals surface area contributed by atoms with Crippen molar-refractivity contribution in [1.29, 1.82) is 0 Å². The highest BCUT2D eigenvalue weighted by Crippen LogP contribution is 2.46. The molecule has 0 aromatic rings. The Bertz CT molecular complexity index is 481. The zero-order valence-electron chi connectivity index (χ0n) is 15.8. The molecule has 0 bridgehead atoms. The number of carbonyl (C=O) groups excluding carboxylic acids is 1. The smallest absolute Gasteiger partial charge is 0.410 e. The lowest BCUT2D eigenvalue weighted by molar-refractivity contribution is 0.0266. The lowest BCUT2D eigenvalue weighted by Gasteiger charge is -2.31. The van der Waals surface area contributed by atoms with Gasteiger partial charge in [-0.15, -0.1) is 0 Å². The van der Waals surface area contributed by atoms with E-state index in [0.717, 1.165) is 12.8 Å². The average Bonchev–Trinajstić information content (AvgIpc) is 2.67. The van der Waals surface area contributed by atoms with E-state index in [2.05, 4.69) is 33.8 Å². The molecule has 0 saturated carbocycles. The Balaban J connectivity index is 2.03. The first kappa shape index (κ1) is 18.4. The fourth-order valence-corrected chi connectivity index (χ4v) is 3.65. The van der Waals surface area contributed by atoms with Crippen LogP contribution in [0.15, 0.2) is 11.5 Å². The number of amides is 1. The highest BCUT2D eigenvalue weighted by atomic mass is 16.6. The van der Waals surface area contributed by atoms with Crippen LogP contribution in [0, 0.1) is 5.92 Å². The standard InChI is InChI=1S/C18H32BNO3/c1-8-15-13(2)18(6,7)23-19(15)14-9-11-20(12-10-14)16(21)22-17(3,4)5/h9,13,15H,8,10-12H2,1-7H3/t13?,15-/m1/s1. The molecule has 130 valence electrons. The topological polar surface area (TPSA) is 38.8 Å². The largest absolute Gasteiger partial charge is 0.444 e. The van der Waals surface area contributed by atoms with E-state index in [1.165, 1.54) is 5.47 Å². The summed E-state index contributed by atoms with van der Waals surface area (Å²) in [6.07, 6.45) is 3.96. The molecule has 0 N–H and O–H groups in total. The Morgan fingerprint density at radius 2 is 2.13 bits per heavy atom. The predicted octanol–water partition coefficient (Wildman–Crippen LogP) is 4.31. The molecular formula is C18H32BNO3. The SMILES string of the molecule is CC[C@H]1B(C2=CCN(C(=O)OC(C)(C)C)CC2)OC(C)(C)C1C. The molecule has 0 spiro atoms. The molecule has 0 aromatic carbocycles. The number of carbonyl (C=O) groups is 1. The summed E-state index contributed by atoms with van der Waals surface area (Å²) in [5, 5.41) is 0. The molecule has 0 radical (unpaired) electrons. The number of hydrogen-bond donors (Lipinski definition) is 0. The third-order valence-electron chi connectivity index (χ3n) is 5.29. The maximum atomic E-state index is 12.2. The van der Waals surface area contributed by atoms with Gasteiger partial charge in [-0.2, -0.15) is 0 Å². The van der Waals surface area contributed by atoms with E-state index < -0.39 is 5.60 Å². The third kappa shape index (κ3) is 4.12. The highest BCUT2D eigenvalue weighted by molar-refractivity contribution is 6.63. The second-order valence-electron chi connectivity index (χ2n) is 8.46. The molecule has 1 amide bonds. The van der Waals surface area contributed by atoms with Gasteiger partial charge in [0, 0.05) is 18.7 Å². The van der Waals surface area contributed by atoms with Gasteiger partial charge in [0.05, 0.1) is 0 Å². The molecule has 0 aromatic heterocycles. The zero-order valence-corrected chi connectivity index (χ0v) is 15.8. The number of rotatable bonds is 2. The van der Waals surface area contributed by atoms with Gasteiger partial charge in [-0.25, -0.2) is 4.79 Å². The Morgan fingerprint density at radius 1 is 1.48 bits per heavy atom. The van der Waals surface area contributed by atoms with Gasteiger partial charge in [0.1, 0.15) is 5.60 Å². The van der Waals surface area contributed by atoms with E-state index in [-0.39, 0.29) is 18.6 Å². The average molecular weight is 321 g/mol. The summed E-state index contributed by atoms with van der Waals surface area (Å²) in [6.45, 7) is 16.2. The van der Waals surface area contributed by atoms with Gasteiger partial charge in [0.2, 0.25) is 0 Å². The Morgan fingerprint density at radius 3 is 2.61 bits per heavy atom. The van der Waals surface area contributed by atoms with Crippen molar-refractivity contribution in [2.75, 3.05) is 13.1 Å². The molecular weight excluding hydrogens is 289 g/mol. The summed E-state index contributed by atoms with van der Waals surface area (Å²) < 4.78 is 11.8. The van der Waals surface area contributed by atoms with Crippen LogP contribution in [0.5, 0.6) is 0 Å². The molecule has 2 aliphatic rings. The highest BCUT2D eigenvalue weighted by Gasteiger charge is 2.49. The predicted molar refractivity (Wildman–Crippen MR) is 94.6 cm³/mol. The van der Waals surface area contributed by atoms with E-state index in [0.29, 0.717) is 24.8 Å². The molecule has 0 aliphatic carbocycles. The Hall–Kier alpha value is -0.965. The van der Waals surface area contributed by atoms with Crippen molar-refractivity contribution >= 4 is 13.0 Å². The van der Waals surface area contributed by atoms with Gasteiger partial charge < -0.3 is 14.3 Å². The molecule has 1 fully saturated rings. The molecule has 4 nitrogen and oxygen atoms in total. The second kappa shape index (κ2) is 6.50. The second-order valence-corrected chi connectivity index (χ2v) is 8.46. The van der Waals surface area contributed by atoms with Crippen LogP contribution >= 0.6 is 0 Å². The van der Waals surface area contributed by atoms with Gasteiger partial charge in [-0.3, -0.25) is 0 Å². The monoisotopic (exact) mass is 321 g/mol. The van der Waals surface area contributed by atoms with Gasteiger partial charge >= 0.3 is 13.0 Å². The van der Waals surface area contributed by atoms with Gasteiger partial charge in [0.15, 0.2) is 0 Å². The summed E-state index contributed by atoms with van der Waals surface area (Å²) >= 11 is 0. The molecule has 1 unspecified atom stereocenters. The van der Waals surface area contributed by atoms with Crippen molar-refractivity contribution in [3.63, 3.8) is 0 Å². The minimum absolute atomic E-state index is 0.0749. The first-order valence-corrected chi connectivity index (χ1v) is 8.90. The normalized spacial score (nSPS) is 27.9. The summed E-state index contributed by atoms with van der Waals surface area (Å²) in [5.41, 5.74) is 0.839. The molecule has 5 heteroatoms. The van der Waals surface area contributed by atoms with Crippen LogP contribution in [0.1, 0.15) is 61.3 Å². The minimum atomic E-state index is -0.442. The van der Waals surface area contributed by atoms with Crippen molar-refractivity contribution in [1.82, 2.24) is 4.90 Å². The van der Waals surface area contributed by atoms with Crippen LogP contribution in [0.4, 0.5) is 4.79 Å². The summed E-state index contributed by atoms with van der Waals surface area (Å²) in [7, 11) is 0. The van der Waals surface area contributed by atoms with Crippen molar-refractivity contribution in [3.05, 3.63) is 11.5 Å². The number of ether oxygens (including phenoxy) is 1. The zero-order chi connectivity index (χ0) is 17.4. The van der Waals surface area contributed by atoms with E-state index >= 15 is 0 Å². The minimum Gasteiger partial charge on any atom is -0.444 e. The molecule has 2 heterocycles. The van der Waals surface area contributed by atoms with E-state index in [4.69, 9.17) is 9.39 Å². The van der Waals surface area contributed by atoms with Gasteiger partial charge in [-0.05, 0) is 52.8 Å². The first-order chi connectivity index (χ1) is 10.5. The maximum Gasteiger partial charge on any atom is 0.410 e. The van der Waals surface area contributed by atoms with Crippen LogP contribution in [0.3, 0.4) is 0 Å². The number of nitrogens with zero attached hydrogens (tertiary/aromatic N) is 1. The molecule has 2 rings (SSSR count). The molecule has 2 aliphatic heterocycles. The van der Waals surface area contributed by atoms with E-state index in [9.17, 15) is 4.79 Å². The molecule has 23 heavy (non-hydrogen) atoms. The first-order valence-electron chi connectivity index (χ1n) is 8.90. The third-order valence-corrected chi connectivity index (χ3v) is 5.29. The van der Waals surface area contributed by atoms with Crippen molar-refractivity contribution in [2.24, 2.45) is 5.92 Å². The summed E-state index contributed by atoms with van der Waals surface area (Å²) in [6, 6.07) is 0.